The van der Waals surface area contributed by atoms with Crippen LogP contribution in [0.4, 0.5) is 0 Å². The van der Waals surface area contributed by atoms with Crippen LogP contribution in [-0.2, 0) is 28.0 Å². The van der Waals surface area contributed by atoms with Gasteiger partial charge in [-0.3, -0.25) is 0 Å². The summed E-state index contributed by atoms with van der Waals surface area (Å²) in [4.78, 5) is 0. The maximum absolute atomic E-state index is 0. The largest absolute Gasteiger partial charge is 2.00 e. The summed E-state index contributed by atoms with van der Waals surface area (Å²) in [6.45, 7) is 0. The summed E-state index contributed by atoms with van der Waals surface area (Å²) < 4.78 is 0. The first-order valence-corrected chi connectivity index (χ1v) is 0. The molecule has 4 heteroatoms. The van der Waals surface area contributed by atoms with E-state index in [4.69, 9.17) is 0 Å². The third kappa shape index (κ3) is 9.74. The van der Waals surface area contributed by atoms with Crippen molar-refractivity contribution in [1.82, 2.24) is 0 Å². The van der Waals surface area contributed by atoms with Crippen LogP contribution in [0.3, 0.4) is 0 Å². The zero-order valence-corrected chi connectivity index (χ0v) is 7.04. The molecule has 0 aliphatic carbocycles. The molecule has 0 amide bonds. The standard InChI is InChI=1S/Mn.2O.U/q+2;2*-2;. The summed E-state index contributed by atoms with van der Waals surface area (Å²) in [7, 11) is 0. The smallest absolute Gasteiger partial charge is 2.00 e. The molecule has 4 heavy (non-hydrogen) atoms. The molecular formula is MnO2U-2. The van der Waals surface area contributed by atoms with Gasteiger partial charge in [-0.25, -0.2) is 0 Å². The summed E-state index contributed by atoms with van der Waals surface area (Å²) in [5.74, 6) is 0. The van der Waals surface area contributed by atoms with E-state index in [1.807, 2.05) is 0 Å². The number of hydrogen-bond acceptors (Lipinski definition) is 0. The minimum Gasteiger partial charge on any atom is -2.00 e. The average molecular weight is 325 g/mol. The Morgan fingerprint density at radius 3 is 0.750 bits per heavy atom. The van der Waals surface area contributed by atoms with Gasteiger partial charge in [-0.15, -0.1) is 0 Å². The molecule has 0 spiro atoms. The summed E-state index contributed by atoms with van der Waals surface area (Å²) in [6.07, 6.45) is 0. The van der Waals surface area contributed by atoms with Crippen LogP contribution < -0.4 is 0 Å². The van der Waals surface area contributed by atoms with Gasteiger partial charge in [0.05, 0.1) is 0 Å². The van der Waals surface area contributed by atoms with Gasteiger partial charge in [-0.2, -0.15) is 0 Å². The normalized spacial score (nSPS) is 0. The Bertz CT molecular complexity index is 6.00. The average Bonchev–Trinajstić information content (AvgIpc) is 0. The maximum atomic E-state index is 0. The van der Waals surface area contributed by atoms with E-state index in [0.717, 1.165) is 0 Å². The van der Waals surface area contributed by atoms with Crippen LogP contribution >= 0.6 is 0 Å². The molecule has 0 fully saturated rings. The second-order valence-electron chi connectivity index (χ2n) is 0. The van der Waals surface area contributed by atoms with Crippen molar-refractivity contribution in [2.24, 2.45) is 0 Å². The Labute approximate surface area is 58.8 Å². The molecule has 0 heterocycles. The van der Waals surface area contributed by atoms with E-state index in [-0.39, 0.29) is 59.1 Å². The first-order valence-electron chi connectivity index (χ1n) is 0. The fourth-order valence-electron chi connectivity index (χ4n) is 0. The molecular weight excluding hydrogens is 325 g/mol. The quantitative estimate of drug-likeness (QED) is 0.552. The molecule has 0 saturated carbocycles. The Morgan fingerprint density at radius 1 is 0.750 bits per heavy atom. The van der Waals surface area contributed by atoms with E-state index in [1.54, 1.807) is 0 Å². The van der Waals surface area contributed by atoms with E-state index < -0.39 is 0 Å². The maximum Gasteiger partial charge on any atom is 2.00 e. The molecule has 0 aromatic carbocycles. The van der Waals surface area contributed by atoms with E-state index in [9.17, 15) is 0 Å². The summed E-state index contributed by atoms with van der Waals surface area (Å²) in [5.41, 5.74) is 0. The molecule has 1 radical (unpaired) electrons. The molecule has 2 nitrogen and oxygen atoms in total. The van der Waals surface area contributed by atoms with Crippen molar-refractivity contribution in [3.05, 3.63) is 0 Å². The predicted molar refractivity (Wildman–Crippen MR) is 1.37 cm³/mol. The van der Waals surface area contributed by atoms with Crippen LogP contribution in [-0.4, -0.2) is 0 Å². The zero-order chi connectivity index (χ0) is 0. The Kier molecular flexibility index (Phi) is 306. The fraction of sp³-hybridized carbons (Fsp3) is 0. The van der Waals surface area contributed by atoms with Crippen LogP contribution in [0.15, 0.2) is 0 Å². The van der Waals surface area contributed by atoms with Gasteiger partial charge in [0.25, 0.3) is 0 Å². The monoisotopic (exact) mass is 325 g/mol. The van der Waals surface area contributed by atoms with Crippen LogP contribution in [0, 0.1) is 31.1 Å². The van der Waals surface area contributed by atoms with Crippen LogP contribution in [0.25, 0.3) is 0 Å². The molecule has 0 aliphatic heterocycles. The Balaban J connectivity index is 0. The first-order chi connectivity index (χ1) is 0. The van der Waals surface area contributed by atoms with Crippen molar-refractivity contribution in [3.8, 4) is 0 Å². The van der Waals surface area contributed by atoms with E-state index in [0.29, 0.717) is 0 Å². The third-order valence-electron chi connectivity index (χ3n) is 0. The van der Waals surface area contributed by atoms with Gasteiger partial charge >= 0.3 is 17.1 Å². The van der Waals surface area contributed by atoms with Gasteiger partial charge in [-0.05, 0) is 0 Å². The summed E-state index contributed by atoms with van der Waals surface area (Å²) in [5, 5.41) is 0. The van der Waals surface area contributed by atoms with Crippen molar-refractivity contribution in [2.45, 2.75) is 0 Å². The second kappa shape index (κ2) is 24.6. The van der Waals surface area contributed by atoms with Crippen molar-refractivity contribution < 1.29 is 59.1 Å². The van der Waals surface area contributed by atoms with E-state index in [1.165, 1.54) is 0 Å². The van der Waals surface area contributed by atoms with Gasteiger partial charge in [0.1, 0.15) is 0 Å². The second-order valence-corrected chi connectivity index (χ2v) is 0. The van der Waals surface area contributed by atoms with E-state index in [2.05, 4.69) is 0 Å². The molecule has 25 valence electrons. The van der Waals surface area contributed by atoms with Crippen LogP contribution in [0.1, 0.15) is 0 Å². The van der Waals surface area contributed by atoms with Gasteiger partial charge in [0, 0.05) is 31.1 Å². The van der Waals surface area contributed by atoms with Crippen LogP contribution in [0.2, 0.25) is 0 Å². The van der Waals surface area contributed by atoms with E-state index >= 15 is 0 Å². The van der Waals surface area contributed by atoms with Crippen LogP contribution in [0.5, 0.6) is 0 Å². The molecule has 0 rings (SSSR count). The minimum absolute atomic E-state index is 0. The zero-order valence-electron chi connectivity index (χ0n) is 1.69. The SMILES string of the molecule is [Mn+2].[O-2].[O-2].[U]. The summed E-state index contributed by atoms with van der Waals surface area (Å²) >= 11 is 0. The first kappa shape index (κ1) is 49.8. The van der Waals surface area contributed by atoms with Gasteiger partial charge in [0.15, 0.2) is 0 Å². The molecule has 0 atom stereocenters. The van der Waals surface area contributed by atoms with Crippen molar-refractivity contribution in [3.63, 3.8) is 0 Å². The molecule has 0 aliphatic rings. The van der Waals surface area contributed by atoms with Gasteiger partial charge in [-0.1, -0.05) is 0 Å². The Morgan fingerprint density at radius 2 is 0.750 bits per heavy atom. The molecule has 0 unspecified atom stereocenters. The number of rotatable bonds is 0. The predicted octanol–water partition coefficient (Wildman–Crippen LogP) is -0.240. The summed E-state index contributed by atoms with van der Waals surface area (Å²) in [6, 6.07) is 0. The third-order valence-corrected chi connectivity index (χ3v) is 0. The van der Waals surface area contributed by atoms with Crippen molar-refractivity contribution in [2.75, 3.05) is 0 Å². The fourth-order valence-corrected chi connectivity index (χ4v) is 0. The number of hydrogen-bond donors (Lipinski definition) is 0. The molecule has 0 saturated heterocycles. The molecule has 0 aromatic rings. The molecule has 0 N–H and O–H groups in total. The molecule has 0 bridgehead atoms. The van der Waals surface area contributed by atoms with Gasteiger partial charge < -0.3 is 11.0 Å². The van der Waals surface area contributed by atoms with Crippen molar-refractivity contribution in [1.29, 1.82) is 0 Å². The topological polar surface area (TPSA) is 57.0 Å². The van der Waals surface area contributed by atoms with Gasteiger partial charge in [0.2, 0.25) is 0 Å². The Hall–Kier alpha value is 1.49. The minimum atomic E-state index is 0. The van der Waals surface area contributed by atoms with Crippen molar-refractivity contribution >= 4 is 0 Å². The molecule has 0 aromatic heterocycles.